The maximum absolute atomic E-state index is 6.00. The average molecular weight is 293 g/mol. The van der Waals surface area contributed by atoms with Gasteiger partial charge in [0.1, 0.15) is 0 Å². The molecular weight excluding hydrogens is 280 g/mol. The topological polar surface area (TPSA) is 76.9 Å². The van der Waals surface area contributed by atoms with Crippen molar-refractivity contribution in [2.24, 2.45) is 0 Å². The van der Waals surface area contributed by atoms with Gasteiger partial charge in [-0.2, -0.15) is 15.0 Å². The van der Waals surface area contributed by atoms with Crippen LogP contribution in [0.25, 0.3) is 11.5 Å². The summed E-state index contributed by atoms with van der Waals surface area (Å²) in [4.78, 5) is 23.1. The molecule has 0 aliphatic carbocycles. The first-order valence-electron chi connectivity index (χ1n) is 6.30. The summed E-state index contributed by atoms with van der Waals surface area (Å²) in [5, 5.41) is 0.143. The Balaban J connectivity index is 2.04. The van der Waals surface area contributed by atoms with Crippen LogP contribution in [0.3, 0.4) is 0 Å². The van der Waals surface area contributed by atoms with Crippen LogP contribution in [0.2, 0.25) is 5.28 Å². The Bertz CT molecular complexity index is 617. The summed E-state index contributed by atoms with van der Waals surface area (Å²) >= 11 is 6.00. The number of hydrogen-bond acceptors (Lipinski definition) is 7. The molecule has 0 N–H and O–H groups in total. The number of anilines is 1. The smallest absolute Gasteiger partial charge is 0.243 e. The van der Waals surface area contributed by atoms with Crippen LogP contribution in [-0.2, 0) is 0 Å². The molecule has 2 aromatic heterocycles. The monoisotopic (exact) mass is 292 g/mol. The molecule has 0 unspecified atom stereocenters. The summed E-state index contributed by atoms with van der Waals surface area (Å²) in [5.74, 6) is 1.31. The third kappa shape index (κ3) is 2.49. The normalized spacial score (nSPS) is 14.6. The highest BCUT2D eigenvalue weighted by atomic mass is 35.5. The summed E-state index contributed by atoms with van der Waals surface area (Å²) in [7, 11) is 1.53. The van der Waals surface area contributed by atoms with Gasteiger partial charge < -0.3 is 9.64 Å². The van der Waals surface area contributed by atoms with E-state index in [2.05, 4.69) is 29.8 Å². The summed E-state index contributed by atoms with van der Waals surface area (Å²) in [6.07, 6.45) is 5.37. The van der Waals surface area contributed by atoms with E-state index in [4.69, 9.17) is 16.3 Å². The van der Waals surface area contributed by atoms with Crippen LogP contribution in [0.15, 0.2) is 12.4 Å². The number of hydrogen-bond donors (Lipinski definition) is 0. The molecule has 7 nitrogen and oxygen atoms in total. The highest BCUT2D eigenvalue weighted by Gasteiger charge is 2.19. The second-order valence-corrected chi connectivity index (χ2v) is 4.67. The lowest BCUT2D eigenvalue weighted by atomic mass is 10.4. The van der Waals surface area contributed by atoms with Gasteiger partial charge in [-0.1, -0.05) is 0 Å². The Morgan fingerprint density at radius 3 is 2.60 bits per heavy atom. The molecule has 0 atom stereocenters. The highest BCUT2D eigenvalue weighted by molar-refractivity contribution is 6.28. The number of aromatic nitrogens is 5. The van der Waals surface area contributed by atoms with Crippen LogP contribution >= 0.6 is 11.6 Å². The minimum Gasteiger partial charge on any atom is -0.479 e. The van der Waals surface area contributed by atoms with Crippen molar-refractivity contribution in [1.82, 2.24) is 24.9 Å². The molecule has 0 saturated carbocycles. The van der Waals surface area contributed by atoms with E-state index in [1.165, 1.54) is 7.11 Å². The molecule has 3 rings (SSSR count). The van der Waals surface area contributed by atoms with Gasteiger partial charge in [-0.15, -0.1) is 0 Å². The second kappa shape index (κ2) is 5.54. The highest BCUT2D eigenvalue weighted by Crippen LogP contribution is 2.25. The van der Waals surface area contributed by atoms with E-state index >= 15 is 0 Å². The molecule has 8 heteroatoms. The molecule has 0 radical (unpaired) electrons. The van der Waals surface area contributed by atoms with Crippen LogP contribution in [0.5, 0.6) is 5.88 Å². The van der Waals surface area contributed by atoms with Gasteiger partial charge in [0.15, 0.2) is 11.5 Å². The Morgan fingerprint density at radius 2 is 1.85 bits per heavy atom. The first kappa shape index (κ1) is 13.0. The van der Waals surface area contributed by atoms with Crippen LogP contribution in [0.4, 0.5) is 5.95 Å². The minimum atomic E-state index is 0.143. The molecule has 0 aromatic carbocycles. The molecular formula is C12H13ClN6O. The number of ether oxygens (including phenoxy) is 1. The Hall–Kier alpha value is -2.02. The third-order valence-corrected chi connectivity index (χ3v) is 3.22. The fraction of sp³-hybridized carbons (Fsp3) is 0.417. The van der Waals surface area contributed by atoms with E-state index in [-0.39, 0.29) is 5.28 Å². The molecule has 0 spiro atoms. The average Bonchev–Trinajstić information content (AvgIpc) is 3.01. The molecule has 2 aromatic rings. The van der Waals surface area contributed by atoms with Gasteiger partial charge >= 0.3 is 0 Å². The van der Waals surface area contributed by atoms with Crippen LogP contribution in [0, 0.1) is 0 Å². The number of rotatable bonds is 3. The third-order valence-electron chi connectivity index (χ3n) is 3.06. The quantitative estimate of drug-likeness (QED) is 0.850. The van der Waals surface area contributed by atoms with Crippen molar-refractivity contribution in [2.75, 3.05) is 25.1 Å². The van der Waals surface area contributed by atoms with E-state index in [9.17, 15) is 0 Å². The summed E-state index contributed by atoms with van der Waals surface area (Å²) in [6.45, 7) is 1.86. The largest absolute Gasteiger partial charge is 0.479 e. The van der Waals surface area contributed by atoms with Crippen molar-refractivity contribution in [2.45, 2.75) is 12.8 Å². The molecule has 1 fully saturated rings. The Kier molecular flexibility index (Phi) is 3.60. The van der Waals surface area contributed by atoms with Gasteiger partial charge in [-0.25, -0.2) is 9.97 Å². The SMILES string of the molecule is COc1nccnc1-c1nc(Cl)nc(N2CCCC2)n1. The van der Waals surface area contributed by atoms with Gasteiger partial charge in [0.05, 0.1) is 7.11 Å². The van der Waals surface area contributed by atoms with Crippen molar-refractivity contribution in [3.8, 4) is 17.4 Å². The van der Waals surface area contributed by atoms with Crippen LogP contribution in [-0.4, -0.2) is 45.1 Å². The van der Waals surface area contributed by atoms with E-state index in [0.29, 0.717) is 23.3 Å². The number of methoxy groups -OCH3 is 1. The van der Waals surface area contributed by atoms with E-state index < -0.39 is 0 Å². The second-order valence-electron chi connectivity index (χ2n) is 4.34. The van der Waals surface area contributed by atoms with Gasteiger partial charge in [0.2, 0.25) is 17.1 Å². The van der Waals surface area contributed by atoms with Crippen LogP contribution < -0.4 is 9.64 Å². The fourth-order valence-electron chi connectivity index (χ4n) is 2.13. The first-order chi connectivity index (χ1) is 9.78. The van der Waals surface area contributed by atoms with E-state index in [1.807, 2.05) is 0 Å². The van der Waals surface area contributed by atoms with Crippen molar-refractivity contribution in [3.05, 3.63) is 17.7 Å². The fourth-order valence-corrected chi connectivity index (χ4v) is 2.29. The minimum absolute atomic E-state index is 0.143. The zero-order chi connectivity index (χ0) is 13.9. The maximum Gasteiger partial charge on any atom is 0.243 e. The van der Waals surface area contributed by atoms with Gasteiger partial charge in [0.25, 0.3) is 0 Å². The molecule has 1 saturated heterocycles. The molecule has 1 aliphatic heterocycles. The van der Waals surface area contributed by atoms with E-state index in [1.54, 1.807) is 12.4 Å². The molecule has 20 heavy (non-hydrogen) atoms. The van der Waals surface area contributed by atoms with Crippen molar-refractivity contribution >= 4 is 17.5 Å². The lowest BCUT2D eigenvalue weighted by Crippen LogP contribution is -2.21. The predicted octanol–water partition coefficient (Wildman–Crippen LogP) is 1.59. The number of nitrogens with zero attached hydrogens (tertiary/aromatic N) is 6. The molecule has 0 amide bonds. The van der Waals surface area contributed by atoms with Crippen molar-refractivity contribution < 1.29 is 4.74 Å². The number of halogens is 1. The molecule has 104 valence electrons. The zero-order valence-electron chi connectivity index (χ0n) is 11.0. The molecule has 3 heterocycles. The summed E-state index contributed by atoms with van der Waals surface area (Å²) < 4.78 is 5.17. The summed E-state index contributed by atoms with van der Waals surface area (Å²) in [5.41, 5.74) is 0.458. The Morgan fingerprint density at radius 1 is 1.10 bits per heavy atom. The molecule has 0 bridgehead atoms. The van der Waals surface area contributed by atoms with E-state index in [0.717, 1.165) is 25.9 Å². The Labute approximate surface area is 121 Å². The van der Waals surface area contributed by atoms with Gasteiger partial charge in [0, 0.05) is 25.5 Å². The van der Waals surface area contributed by atoms with Crippen molar-refractivity contribution in [3.63, 3.8) is 0 Å². The van der Waals surface area contributed by atoms with Crippen LogP contribution in [0.1, 0.15) is 12.8 Å². The standard InChI is InChI=1S/C12H13ClN6O/c1-20-10-8(14-4-5-15-10)9-16-11(13)18-12(17-9)19-6-2-3-7-19/h4-5H,2-3,6-7H2,1H3. The predicted molar refractivity (Wildman–Crippen MR) is 73.9 cm³/mol. The lowest BCUT2D eigenvalue weighted by molar-refractivity contribution is 0.397. The first-order valence-corrected chi connectivity index (χ1v) is 6.67. The zero-order valence-corrected chi connectivity index (χ0v) is 11.7. The lowest BCUT2D eigenvalue weighted by Gasteiger charge is -2.15. The molecule has 1 aliphatic rings. The maximum atomic E-state index is 6.00. The summed E-state index contributed by atoms with van der Waals surface area (Å²) in [6, 6.07) is 0. The van der Waals surface area contributed by atoms with Crippen molar-refractivity contribution in [1.29, 1.82) is 0 Å². The van der Waals surface area contributed by atoms with Gasteiger partial charge in [-0.05, 0) is 24.4 Å². The van der Waals surface area contributed by atoms with Gasteiger partial charge in [-0.3, -0.25) is 0 Å².